The molecule has 0 aliphatic rings. The molecule has 9 heteroatoms. The van der Waals surface area contributed by atoms with E-state index in [-0.39, 0.29) is 9.37 Å². The molecule has 0 aliphatic heterocycles. The molecule has 6 nitrogen and oxygen atoms in total. The zero-order valence-electron chi connectivity index (χ0n) is 8.31. The number of benzene rings is 1. The van der Waals surface area contributed by atoms with Gasteiger partial charge in [0.15, 0.2) is 0 Å². The predicted octanol–water partition coefficient (Wildman–Crippen LogP) is 0.283. The molecule has 0 saturated carbocycles. The summed E-state index contributed by atoms with van der Waals surface area (Å²) in [6.07, 6.45) is 0. The second-order valence-electron chi connectivity index (χ2n) is 2.92. The molecule has 0 unspecified atom stereocenters. The quantitative estimate of drug-likeness (QED) is 0.759. The Balaban J connectivity index is 2.82. The Hall–Kier alpha value is -1.03. The summed E-state index contributed by atoms with van der Waals surface area (Å²) in [4.78, 5) is 16.0. The van der Waals surface area contributed by atoms with Crippen LogP contribution < -0.4 is 10.6 Å². The van der Waals surface area contributed by atoms with Crippen LogP contribution >= 0.6 is 15.9 Å². The highest BCUT2D eigenvalue weighted by Crippen LogP contribution is 2.19. The summed E-state index contributed by atoms with van der Waals surface area (Å²) in [5.74, 6) is -1.57. The average molecular weight is 327 g/mol. The molecule has 94 valence electrons. The van der Waals surface area contributed by atoms with Crippen LogP contribution in [-0.4, -0.2) is 20.9 Å². The van der Waals surface area contributed by atoms with Crippen molar-refractivity contribution in [2.45, 2.75) is 4.90 Å². The third kappa shape index (κ3) is 4.04. The van der Waals surface area contributed by atoms with Crippen LogP contribution in [0.15, 0.2) is 27.6 Å². The fourth-order valence-electron chi connectivity index (χ4n) is 0.870. The number of nitrogens with one attached hydrogen (secondary N) is 1. The lowest BCUT2D eigenvalue weighted by Gasteiger charge is -2.06. The van der Waals surface area contributed by atoms with Gasteiger partial charge in [-0.15, -0.1) is 0 Å². The number of sulfonamides is 1. The monoisotopic (exact) mass is 326 g/mol. The molecule has 3 N–H and O–H groups in total. The van der Waals surface area contributed by atoms with Crippen LogP contribution in [-0.2, 0) is 19.7 Å². The second-order valence-corrected chi connectivity index (χ2v) is 5.42. The first kappa shape index (κ1) is 14.0. The Morgan fingerprint density at radius 3 is 2.71 bits per heavy atom. The highest BCUT2D eigenvalue weighted by molar-refractivity contribution is 9.10. The molecule has 0 aromatic heterocycles. The molecule has 1 aromatic rings. The van der Waals surface area contributed by atoms with Gasteiger partial charge in [-0.3, -0.25) is 9.63 Å². The van der Waals surface area contributed by atoms with E-state index in [1.807, 2.05) is 0 Å². The summed E-state index contributed by atoms with van der Waals surface area (Å²) >= 11 is 2.89. The minimum atomic E-state index is -4.04. The van der Waals surface area contributed by atoms with Crippen molar-refractivity contribution in [2.75, 3.05) is 6.61 Å². The van der Waals surface area contributed by atoms with Crippen LogP contribution in [0, 0.1) is 5.82 Å². The lowest BCUT2D eigenvalue weighted by Crippen LogP contribution is -2.29. The number of hydrogen-bond acceptors (Lipinski definition) is 4. The number of primary amides is 1. The molecular formula is C8H8BrFN2O4S. The van der Waals surface area contributed by atoms with Gasteiger partial charge in [-0.1, -0.05) is 4.89 Å². The number of amides is 1. The molecule has 1 rings (SSSR count). The number of nitrogens with two attached hydrogens (primary N) is 1. The fourth-order valence-corrected chi connectivity index (χ4v) is 1.93. The summed E-state index contributed by atoms with van der Waals surface area (Å²) in [6, 6.07) is 3.21. The van der Waals surface area contributed by atoms with Gasteiger partial charge in [-0.25, -0.2) is 12.8 Å². The van der Waals surface area contributed by atoms with E-state index in [1.165, 1.54) is 12.1 Å². The molecule has 0 fully saturated rings. The standard InChI is InChI=1S/C8H8BrFN2O4S/c9-6-2-1-5(3-7(6)10)17(14,15)12-16-4-8(11)13/h1-3,12H,4H2,(H2,11,13). The summed E-state index contributed by atoms with van der Waals surface area (Å²) in [5, 5.41) is 0. The van der Waals surface area contributed by atoms with Crippen LogP contribution in [0.1, 0.15) is 0 Å². The third-order valence-electron chi connectivity index (χ3n) is 1.58. The predicted molar refractivity (Wildman–Crippen MR) is 59.6 cm³/mol. The Bertz CT molecular complexity index is 534. The Morgan fingerprint density at radius 1 is 1.53 bits per heavy atom. The molecular weight excluding hydrogens is 319 g/mol. The van der Waals surface area contributed by atoms with Crippen LogP contribution in [0.25, 0.3) is 0 Å². The van der Waals surface area contributed by atoms with Crippen LogP contribution in [0.4, 0.5) is 4.39 Å². The number of hydrogen-bond donors (Lipinski definition) is 2. The highest BCUT2D eigenvalue weighted by atomic mass is 79.9. The molecule has 0 saturated heterocycles. The molecule has 0 heterocycles. The summed E-state index contributed by atoms with van der Waals surface area (Å²) < 4.78 is 36.3. The van der Waals surface area contributed by atoms with E-state index in [1.54, 1.807) is 4.89 Å². The lowest BCUT2D eigenvalue weighted by molar-refractivity contribution is -0.123. The van der Waals surface area contributed by atoms with Crippen LogP contribution in [0.3, 0.4) is 0 Å². The Labute approximate surface area is 105 Å². The Kier molecular flexibility index (Phi) is 4.57. The van der Waals surface area contributed by atoms with Crippen LogP contribution in [0.2, 0.25) is 0 Å². The number of rotatable bonds is 5. The first-order valence-electron chi connectivity index (χ1n) is 4.20. The zero-order valence-corrected chi connectivity index (χ0v) is 10.7. The molecule has 0 bridgehead atoms. The van der Waals surface area contributed by atoms with E-state index in [4.69, 9.17) is 5.73 Å². The summed E-state index contributed by atoms with van der Waals surface area (Å²) in [7, 11) is -4.04. The zero-order chi connectivity index (χ0) is 13.1. The van der Waals surface area contributed by atoms with Gasteiger partial charge >= 0.3 is 0 Å². The van der Waals surface area contributed by atoms with Gasteiger partial charge in [0.25, 0.3) is 10.0 Å². The van der Waals surface area contributed by atoms with Gasteiger partial charge in [0.05, 0.1) is 9.37 Å². The van der Waals surface area contributed by atoms with Crippen molar-refractivity contribution in [1.82, 2.24) is 4.89 Å². The largest absolute Gasteiger partial charge is 0.368 e. The third-order valence-corrected chi connectivity index (χ3v) is 3.44. The second kappa shape index (κ2) is 5.54. The summed E-state index contributed by atoms with van der Waals surface area (Å²) in [5.41, 5.74) is 4.74. The van der Waals surface area contributed by atoms with E-state index in [2.05, 4.69) is 20.8 Å². The molecule has 0 spiro atoms. The van der Waals surface area contributed by atoms with Crippen molar-refractivity contribution in [2.24, 2.45) is 5.73 Å². The minimum absolute atomic E-state index is 0.134. The van der Waals surface area contributed by atoms with Gasteiger partial charge in [-0.2, -0.15) is 0 Å². The van der Waals surface area contributed by atoms with Crippen LogP contribution in [0.5, 0.6) is 0 Å². The van der Waals surface area contributed by atoms with E-state index >= 15 is 0 Å². The molecule has 0 aliphatic carbocycles. The van der Waals surface area contributed by atoms with Crippen molar-refractivity contribution < 1.29 is 22.4 Å². The van der Waals surface area contributed by atoms with E-state index in [0.29, 0.717) is 0 Å². The van der Waals surface area contributed by atoms with Crippen molar-refractivity contribution in [1.29, 1.82) is 0 Å². The van der Waals surface area contributed by atoms with Crippen molar-refractivity contribution >= 4 is 31.9 Å². The number of halogens is 2. The molecule has 17 heavy (non-hydrogen) atoms. The van der Waals surface area contributed by atoms with E-state index < -0.39 is 28.4 Å². The van der Waals surface area contributed by atoms with Crippen molar-refractivity contribution in [3.05, 3.63) is 28.5 Å². The molecule has 1 amide bonds. The number of carbonyl (C=O) groups excluding carboxylic acids is 1. The highest BCUT2D eigenvalue weighted by Gasteiger charge is 2.16. The minimum Gasteiger partial charge on any atom is -0.368 e. The molecule has 1 aromatic carbocycles. The topological polar surface area (TPSA) is 98.5 Å². The summed E-state index contributed by atoms with van der Waals surface area (Å²) in [6.45, 7) is -0.613. The normalized spacial score (nSPS) is 11.4. The maximum Gasteiger partial charge on any atom is 0.262 e. The van der Waals surface area contributed by atoms with E-state index in [9.17, 15) is 17.6 Å². The van der Waals surface area contributed by atoms with Gasteiger partial charge in [-0.05, 0) is 34.1 Å². The smallest absolute Gasteiger partial charge is 0.262 e. The van der Waals surface area contributed by atoms with Gasteiger partial charge in [0.2, 0.25) is 5.91 Å². The Morgan fingerprint density at radius 2 is 2.18 bits per heavy atom. The van der Waals surface area contributed by atoms with Crippen molar-refractivity contribution in [3.63, 3.8) is 0 Å². The van der Waals surface area contributed by atoms with Crippen molar-refractivity contribution in [3.8, 4) is 0 Å². The average Bonchev–Trinajstić information content (AvgIpc) is 2.21. The van der Waals surface area contributed by atoms with E-state index in [0.717, 1.165) is 6.07 Å². The first-order valence-corrected chi connectivity index (χ1v) is 6.47. The SMILES string of the molecule is NC(=O)CONS(=O)(=O)c1ccc(Br)c(F)c1. The molecule has 0 radical (unpaired) electrons. The fraction of sp³-hybridized carbons (Fsp3) is 0.125. The number of carbonyl (C=O) groups is 1. The lowest BCUT2D eigenvalue weighted by atomic mass is 10.3. The van der Waals surface area contributed by atoms with Gasteiger partial charge in [0.1, 0.15) is 12.4 Å². The molecule has 0 atom stereocenters. The maximum atomic E-state index is 13.1. The first-order chi connectivity index (χ1) is 7.83. The van der Waals surface area contributed by atoms with Gasteiger partial charge in [0, 0.05) is 0 Å². The van der Waals surface area contributed by atoms with Gasteiger partial charge < -0.3 is 5.73 Å². The maximum absolute atomic E-state index is 13.1.